The van der Waals surface area contributed by atoms with Gasteiger partial charge in [-0.2, -0.15) is 0 Å². The Morgan fingerprint density at radius 3 is 2.76 bits per heavy atom. The molecule has 2 amide bonds. The average Bonchev–Trinajstić information content (AvgIpc) is 2.57. The Morgan fingerprint density at radius 2 is 2.12 bits per heavy atom. The number of hydrogen-bond donors (Lipinski definition) is 2. The first kappa shape index (κ1) is 11.6. The zero-order chi connectivity index (χ0) is 12.6. The SMILES string of the molecule is CCN1C(=O)NC(=N)C1c1cccc(C)c1C. The quantitative estimate of drug-likeness (QED) is 0.806. The number of likely N-dealkylation sites (N-methyl/N-ethyl adjacent to an activating group) is 1. The molecule has 1 aliphatic rings. The summed E-state index contributed by atoms with van der Waals surface area (Å²) >= 11 is 0. The standard InChI is InChI=1S/C13H17N3O/c1-4-16-11(12(14)15-13(16)17)10-7-5-6-8(2)9(10)3/h5-7,11H,4H2,1-3H3,(H2,14,15,17). The van der Waals surface area contributed by atoms with Crippen molar-refractivity contribution < 1.29 is 4.79 Å². The summed E-state index contributed by atoms with van der Waals surface area (Å²) in [5.41, 5.74) is 3.37. The van der Waals surface area contributed by atoms with Crippen LogP contribution in [0, 0.1) is 19.3 Å². The molecule has 90 valence electrons. The van der Waals surface area contributed by atoms with Gasteiger partial charge in [0.2, 0.25) is 0 Å². The predicted octanol–water partition coefficient (Wildman–Crippen LogP) is 2.37. The molecule has 4 heteroatoms. The molecule has 1 aromatic rings. The summed E-state index contributed by atoms with van der Waals surface area (Å²) in [7, 11) is 0. The maximum absolute atomic E-state index is 11.7. The van der Waals surface area contributed by atoms with Crippen LogP contribution in [0.25, 0.3) is 0 Å². The van der Waals surface area contributed by atoms with Gasteiger partial charge in [-0.1, -0.05) is 18.2 Å². The number of aryl methyl sites for hydroxylation is 1. The van der Waals surface area contributed by atoms with Crippen LogP contribution in [0.4, 0.5) is 4.79 Å². The molecule has 1 atom stereocenters. The van der Waals surface area contributed by atoms with Crippen LogP contribution in [-0.2, 0) is 0 Å². The highest BCUT2D eigenvalue weighted by molar-refractivity contribution is 6.06. The fraction of sp³-hybridized carbons (Fsp3) is 0.385. The van der Waals surface area contributed by atoms with Crippen molar-refractivity contribution in [2.24, 2.45) is 0 Å². The Hall–Kier alpha value is -1.84. The summed E-state index contributed by atoms with van der Waals surface area (Å²) in [6.07, 6.45) is 0. The molecule has 1 heterocycles. The van der Waals surface area contributed by atoms with Crippen molar-refractivity contribution in [3.63, 3.8) is 0 Å². The fourth-order valence-electron chi connectivity index (χ4n) is 2.25. The fourth-order valence-corrected chi connectivity index (χ4v) is 2.25. The molecule has 17 heavy (non-hydrogen) atoms. The molecule has 1 fully saturated rings. The van der Waals surface area contributed by atoms with Crippen molar-refractivity contribution in [2.45, 2.75) is 26.8 Å². The number of rotatable bonds is 2. The number of benzene rings is 1. The molecule has 1 saturated heterocycles. The largest absolute Gasteiger partial charge is 0.323 e. The highest BCUT2D eigenvalue weighted by Crippen LogP contribution is 2.29. The summed E-state index contributed by atoms with van der Waals surface area (Å²) in [5.74, 6) is 0.269. The lowest BCUT2D eigenvalue weighted by Crippen LogP contribution is -2.29. The van der Waals surface area contributed by atoms with Crippen LogP contribution in [0.1, 0.15) is 29.7 Å². The maximum atomic E-state index is 11.7. The molecule has 0 bridgehead atoms. The first-order chi connectivity index (χ1) is 8.06. The van der Waals surface area contributed by atoms with Crippen molar-refractivity contribution in [2.75, 3.05) is 6.54 Å². The number of hydrogen-bond acceptors (Lipinski definition) is 2. The van der Waals surface area contributed by atoms with Gasteiger partial charge in [-0.25, -0.2) is 4.79 Å². The highest BCUT2D eigenvalue weighted by Gasteiger charge is 2.36. The van der Waals surface area contributed by atoms with Crippen molar-refractivity contribution in [1.29, 1.82) is 5.41 Å². The molecule has 1 aromatic carbocycles. The lowest BCUT2D eigenvalue weighted by atomic mass is 9.96. The van der Waals surface area contributed by atoms with Crippen molar-refractivity contribution in [1.82, 2.24) is 10.2 Å². The molecular formula is C13H17N3O. The lowest BCUT2D eigenvalue weighted by Gasteiger charge is -2.23. The second-order valence-electron chi connectivity index (χ2n) is 4.32. The average molecular weight is 231 g/mol. The van der Waals surface area contributed by atoms with Gasteiger partial charge in [-0.05, 0) is 37.5 Å². The van der Waals surface area contributed by atoms with Crippen molar-refractivity contribution >= 4 is 11.9 Å². The van der Waals surface area contributed by atoms with Crippen LogP contribution in [0.15, 0.2) is 18.2 Å². The Kier molecular flexibility index (Phi) is 2.88. The monoisotopic (exact) mass is 231 g/mol. The molecule has 0 aliphatic carbocycles. The minimum Gasteiger partial charge on any atom is -0.310 e. The molecule has 0 radical (unpaired) electrons. The van der Waals surface area contributed by atoms with Crippen LogP contribution in [-0.4, -0.2) is 23.3 Å². The van der Waals surface area contributed by atoms with Crippen LogP contribution in [0.5, 0.6) is 0 Å². The number of nitrogens with one attached hydrogen (secondary N) is 2. The van der Waals surface area contributed by atoms with Crippen molar-refractivity contribution in [3.05, 3.63) is 34.9 Å². The second-order valence-corrected chi connectivity index (χ2v) is 4.32. The van der Waals surface area contributed by atoms with Gasteiger partial charge in [0.05, 0.1) is 0 Å². The molecule has 4 nitrogen and oxygen atoms in total. The van der Waals surface area contributed by atoms with Gasteiger partial charge in [0.25, 0.3) is 0 Å². The van der Waals surface area contributed by atoms with E-state index in [2.05, 4.69) is 5.32 Å². The topological polar surface area (TPSA) is 56.2 Å². The lowest BCUT2D eigenvalue weighted by molar-refractivity contribution is 0.209. The van der Waals surface area contributed by atoms with Gasteiger partial charge in [0.15, 0.2) is 0 Å². The predicted molar refractivity (Wildman–Crippen MR) is 67.3 cm³/mol. The Bertz CT molecular complexity index is 482. The van der Waals surface area contributed by atoms with E-state index in [1.165, 1.54) is 5.56 Å². The molecule has 1 unspecified atom stereocenters. The van der Waals surface area contributed by atoms with Crippen LogP contribution in [0.3, 0.4) is 0 Å². The van der Waals surface area contributed by atoms with Gasteiger partial charge in [0, 0.05) is 6.54 Å². The molecule has 0 saturated carbocycles. The summed E-state index contributed by atoms with van der Waals surface area (Å²) in [6.45, 7) is 6.61. The summed E-state index contributed by atoms with van der Waals surface area (Å²) in [6, 6.07) is 5.57. The Morgan fingerprint density at radius 1 is 1.41 bits per heavy atom. The van der Waals surface area contributed by atoms with E-state index in [0.29, 0.717) is 6.54 Å². The first-order valence-corrected chi connectivity index (χ1v) is 5.78. The van der Waals surface area contributed by atoms with Gasteiger partial charge in [0.1, 0.15) is 11.9 Å². The molecule has 1 aliphatic heterocycles. The van der Waals surface area contributed by atoms with Gasteiger partial charge in [-0.15, -0.1) is 0 Å². The minimum absolute atomic E-state index is 0.177. The Labute approximate surface area is 101 Å². The summed E-state index contributed by atoms with van der Waals surface area (Å²) in [5, 5.41) is 10.5. The first-order valence-electron chi connectivity index (χ1n) is 5.78. The number of nitrogens with zero attached hydrogens (tertiary/aromatic N) is 1. The van der Waals surface area contributed by atoms with Gasteiger partial charge in [-0.3, -0.25) is 10.7 Å². The summed E-state index contributed by atoms with van der Waals surface area (Å²) in [4.78, 5) is 13.4. The van der Waals surface area contributed by atoms with Crippen molar-refractivity contribution in [3.8, 4) is 0 Å². The molecule has 2 N–H and O–H groups in total. The minimum atomic E-state index is -0.257. The zero-order valence-corrected chi connectivity index (χ0v) is 10.4. The van der Waals surface area contributed by atoms with E-state index in [9.17, 15) is 4.79 Å². The van der Waals surface area contributed by atoms with E-state index >= 15 is 0 Å². The molecule has 0 aromatic heterocycles. The van der Waals surface area contributed by atoms with E-state index in [-0.39, 0.29) is 17.9 Å². The van der Waals surface area contributed by atoms with Crippen LogP contribution in [0.2, 0.25) is 0 Å². The normalized spacial score (nSPS) is 19.7. The van der Waals surface area contributed by atoms with Crippen LogP contribution >= 0.6 is 0 Å². The van der Waals surface area contributed by atoms with Crippen LogP contribution < -0.4 is 5.32 Å². The number of carbonyl (C=O) groups excluding carboxylic acids is 1. The van der Waals surface area contributed by atoms with E-state index in [1.54, 1.807) is 4.90 Å². The van der Waals surface area contributed by atoms with E-state index in [1.807, 2.05) is 39.0 Å². The Balaban J connectivity index is 2.48. The highest BCUT2D eigenvalue weighted by atomic mass is 16.2. The molecular weight excluding hydrogens is 214 g/mol. The third kappa shape index (κ3) is 1.79. The van der Waals surface area contributed by atoms with Gasteiger partial charge < -0.3 is 4.90 Å². The number of amidine groups is 1. The number of amides is 2. The zero-order valence-electron chi connectivity index (χ0n) is 10.4. The van der Waals surface area contributed by atoms with E-state index in [4.69, 9.17) is 5.41 Å². The van der Waals surface area contributed by atoms with E-state index in [0.717, 1.165) is 11.1 Å². The third-order valence-electron chi connectivity index (χ3n) is 3.37. The molecule has 2 rings (SSSR count). The number of urea groups is 1. The molecule has 0 spiro atoms. The summed E-state index contributed by atoms with van der Waals surface area (Å²) < 4.78 is 0. The van der Waals surface area contributed by atoms with E-state index < -0.39 is 0 Å². The van der Waals surface area contributed by atoms with Gasteiger partial charge >= 0.3 is 6.03 Å². The third-order valence-corrected chi connectivity index (χ3v) is 3.37. The second kappa shape index (κ2) is 4.20. The maximum Gasteiger partial charge on any atom is 0.323 e. The number of carbonyl (C=O) groups is 1. The smallest absolute Gasteiger partial charge is 0.310 e.